The standard InChI is InChI=1S/C21H29N3O6S/c1-4-29-20(26)16-14(2)17(21(27)30-12-11-28-3)31-19(16)23-18(25)15-7-5-9-24(13-15)10-6-8-22/h15H,4-7,9-13H2,1-3H3,(H,23,25). The zero-order valence-electron chi connectivity index (χ0n) is 18.2. The van der Waals surface area contributed by atoms with Crippen LogP contribution in [-0.2, 0) is 19.0 Å². The summed E-state index contributed by atoms with van der Waals surface area (Å²) in [5.41, 5.74) is 0.594. The molecular weight excluding hydrogens is 422 g/mol. The zero-order valence-corrected chi connectivity index (χ0v) is 19.0. The van der Waals surface area contributed by atoms with E-state index < -0.39 is 11.9 Å². The summed E-state index contributed by atoms with van der Waals surface area (Å²) in [6.07, 6.45) is 1.99. The first-order valence-electron chi connectivity index (χ1n) is 10.3. The molecule has 1 aromatic rings. The highest BCUT2D eigenvalue weighted by Gasteiger charge is 2.30. The molecule has 0 aliphatic carbocycles. The maximum atomic E-state index is 12.9. The Morgan fingerprint density at radius 2 is 2.03 bits per heavy atom. The van der Waals surface area contributed by atoms with Crippen molar-refractivity contribution in [3.05, 3.63) is 16.0 Å². The van der Waals surface area contributed by atoms with Gasteiger partial charge in [0, 0.05) is 26.6 Å². The van der Waals surface area contributed by atoms with Crippen molar-refractivity contribution < 1.29 is 28.6 Å². The summed E-state index contributed by atoms with van der Waals surface area (Å²) in [4.78, 5) is 40.3. The number of nitriles is 1. The van der Waals surface area contributed by atoms with Gasteiger partial charge in [-0.25, -0.2) is 9.59 Å². The molecule has 1 unspecified atom stereocenters. The van der Waals surface area contributed by atoms with Gasteiger partial charge in [-0.05, 0) is 38.8 Å². The second kappa shape index (κ2) is 12.4. The Morgan fingerprint density at radius 1 is 1.26 bits per heavy atom. The Morgan fingerprint density at radius 3 is 2.71 bits per heavy atom. The average molecular weight is 452 g/mol. The summed E-state index contributed by atoms with van der Waals surface area (Å²) in [5.74, 6) is -1.65. The van der Waals surface area contributed by atoms with Crippen molar-refractivity contribution in [2.24, 2.45) is 5.92 Å². The van der Waals surface area contributed by atoms with Gasteiger partial charge in [-0.3, -0.25) is 4.79 Å². The first-order valence-corrected chi connectivity index (χ1v) is 11.1. The molecule has 1 aliphatic rings. The molecule has 1 fully saturated rings. The summed E-state index contributed by atoms with van der Waals surface area (Å²) in [6, 6.07) is 2.12. The Kier molecular flexibility index (Phi) is 9.91. The van der Waals surface area contributed by atoms with E-state index in [-0.39, 0.29) is 47.1 Å². The molecule has 1 amide bonds. The molecule has 0 saturated carbocycles. The third kappa shape index (κ3) is 6.75. The fourth-order valence-corrected chi connectivity index (χ4v) is 4.51. The summed E-state index contributed by atoms with van der Waals surface area (Å²) in [5, 5.41) is 11.9. The molecular formula is C21H29N3O6S. The van der Waals surface area contributed by atoms with Crippen LogP contribution in [0, 0.1) is 24.2 Å². The van der Waals surface area contributed by atoms with Gasteiger partial charge in [0.05, 0.1) is 30.8 Å². The monoisotopic (exact) mass is 451 g/mol. The number of methoxy groups -OCH3 is 1. The highest BCUT2D eigenvalue weighted by Crippen LogP contribution is 2.35. The molecule has 0 radical (unpaired) electrons. The Hall–Kier alpha value is -2.48. The van der Waals surface area contributed by atoms with E-state index >= 15 is 0 Å². The van der Waals surface area contributed by atoms with Crippen LogP contribution < -0.4 is 5.32 Å². The van der Waals surface area contributed by atoms with Crippen LogP contribution in [0.15, 0.2) is 0 Å². The van der Waals surface area contributed by atoms with E-state index in [1.165, 1.54) is 7.11 Å². The van der Waals surface area contributed by atoms with E-state index in [2.05, 4.69) is 16.3 Å². The Balaban J connectivity index is 2.20. The molecule has 1 N–H and O–H groups in total. The average Bonchev–Trinajstić information content (AvgIpc) is 3.08. The number of rotatable bonds is 10. The van der Waals surface area contributed by atoms with Crippen LogP contribution in [0.2, 0.25) is 0 Å². The van der Waals surface area contributed by atoms with Gasteiger partial charge in [-0.2, -0.15) is 5.26 Å². The third-order valence-electron chi connectivity index (χ3n) is 4.99. The minimum absolute atomic E-state index is 0.0870. The number of hydrogen-bond donors (Lipinski definition) is 1. The second-order valence-corrected chi connectivity index (χ2v) is 8.17. The van der Waals surface area contributed by atoms with E-state index in [1.54, 1.807) is 13.8 Å². The van der Waals surface area contributed by atoms with E-state index in [1.807, 2.05) is 0 Å². The molecule has 0 bridgehead atoms. The maximum Gasteiger partial charge on any atom is 0.348 e. The molecule has 1 aliphatic heterocycles. The number of anilines is 1. The number of carbonyl (C=O) groups is 3. The molecule has 1 aromatic heterocycles. The van der Waals surface area contributed by atoms with Crippen LogP contribution in [0.4, 0.5) is 5.00 Å². The van der Waals surface area contributed by atoms with E-state index in [9.17, 15) is 14.4 Å². The number of amides is 1. The van der Waals surface area contributed by atoms with Gasteiger partial charge >= 0.3 is 11.9 Å². The van der Waals surface area contributed by atoms with Crippen molar-refractivity contribution in [2.75, 3.05) is 51.9 Å². The lowest BCUT2D eigenvalue weighted by Crippen LogP contribution is -2.41. The topological polar surface area (TPSA) is 118 Å². The van der Waals surface area contributed by atoms with Crippen molar-refractivity contribution in [2.45, 2.75) is 33.1 Å². The molecule has 9 nitrogen and oxygen atoms in total. The van der Waals surface area contributed by atoms with Crippen molar-refractivity contribution in [1.82, 2.24) is 4.90 Å². The minimum Gasteiger partial charge on any atom is -0.462 e. The molecule has 10 heteroatoms. The molecule has 1 saturated heterocycles. The van der Waals surface area contributed by atoms with Gasteiger partial charge in [0.2, 0.25) is 5.91 Å². The number of carbonyl (C=O) groups excluding carboxylic acids is 3. The van der Waals surface area contributed by atoms with Crippen LogP contribution in [0.25, 0.3) is 0 Å². The predicted molar refractivity (Wildman–Crippen MR) is 115 cm³/mol. The molecule has 2 heterocycles. The second-order valence-electron chi connectivity index (χ2n) is 7.15. The van der Waals surface area contributed by atoms with Crippen LogP contribution in [0.5, 0.6) is 0 Å². The fourth-order valence-electron chi connectivity index (χ4n) is 3.42. The SMILES string of the molecule is CCOC(=O)c1c(NC(=O)C2CCCN(CCC#N)C2)sc(C(=O)OCCOC)c1C. The van der Waals surface area contributed by atoms with Crippen molar-refractivity contribution >= 4 is 34.2 Å². The van der Waals surface area contributed by atoms with Gasteiger partial charge in [0.1, 0.15) is 16.5 Å². The van der Waals surface area contributed by atoms with Crippen molar-refractivity contribution in [3.63, 3.8) is 0 Å². The number of nitrogens with one attached hydrogen (secondary N) is 1. The van der Waals surface area contributed by atoms with E-state index in [0.717, 1.165) is 30.7 Å². The molecule has 0 aromatic carbocycles. The number of hydrogen-bond acceptors (Lipinski definition) is 9. The van der Waals surface area contributed by atoms with Gasteiger partial charge < -0.3 is 24.4 Å². The minimum atomic E-state index is -0.596. The highest BCUT2D eigenvalue weighted by atomic mass is 32.1. The van der Waals surface area contributed by atoms with Crippen molar-refractivity contribution in [3.8, 4) is 6.07 Å². The number of nitrogens with zero attached hydrogens (tertiary/aromatic N) is 2. The lowest BCUT2D eigenvalue weighted by molar-refractivity contribution is -0.121. The summed E-state index contributed by atoms with van der Waals surface area (Å²) >= 11 is 1.01. The first kappa shape index (κ1) is 24.8. The van der Waals surface area contributed by atoms with Crippen molar-refractivity contribution in [1.29, 1.82) is 5.26 Å². The largest absolute Gasteiger partial charge is 0.462 e. The molecule has 31 heavy (non-hydrogen) atoms. The Labute approximate surface area is 186 Å². The van der Waals surface area contributed by atoms with Gasteiger partial charge in [-0.15, -0.1) is 11.3 Å². The van der Waals surface area contributed by atoms with Gasteiger partial charge in [-0.1, -0.05) is 0 Å². The number of thiophene rings is 1. The molecule has 2 rings (SSSR count). The number of ether oxygens (including phenoxy) is 3. The Bertz CT molecular complexity index is 832. The lowest BCUT2D eigenvalue weighted by atomic mass is 9.97. The quantitative estimate of drug-likeness (QED) is 0.426. The first-order chi connectivity index (χ1) is 14.9. The van der Waals surface area contributed by atoms with Crippen LogP contribution in [-0.4, -0.2) is 69.3 Å². The normalized spacial score (nSPS) is 16.4. The van der Waals surface area contributed by atoms with Crippen LogP contribution in [0.3, 0.4) is 0 Å². The predicted octanol–water partition coefficient (Wildman–Crippen LogP) is 2.60. The lowest BCUT2D eigenvalue weighted by Gasteiger charge is -2.31. The van der Waals surface area contributed by atoms with Crippen LogP contribution in [0.1, 0.15) is 51.8 Å². The highest BCUT2D eigenvalue weighted by molar-refractivity contribution is 7.18. The summed E-state index contributed by atoms with van der Waals surface area (Å²) in [7, 11) is 1.50. The van der Waals surface area contributed by atoms with Crippen LogP contribution >= 0.6 is 11.3 Å². The summed E-state index contributed by atoms with van der Waals surface area (Å²) < 4.78 is 15.2. The van der Waals surface area contributed by atoms with E-state index in [4.69, 9.17) is 19.5 Å². The number of esters is 2. The molecule has 170 valence electrons. The summed E-state index contributed by atoms with van der Waals surface area (Å²) in [6.45, 7) is 5.88. The van der Waals surface area contributed by atoms with E-state index in [0.29, 0.717) is 25.1 Å². The van der Waals surface area contributed by atoms with Gasteiger partial charge in [0.25, 0.3) is 0 Å². The third-order valence-corrected chi connectivity index (χ3v) is 6.17. The maximum absolute atomic E-state index is 12.9. The smallest absolute Gasteiger partial charge is 0.348 e. The number of piperidine rings is 1. The number of likely N-dealkylation sites (tertiary alicyclic amines) is 1. The molecule has 1 atom stereocenters. The zero-order chi connectivity index (χ0) is 22.8. The van der Waals surface area contributed by atoms with Gasteiger partial charge in [0.15, 0.2) is 0 Å². The fraction of sp³-hybridized carbons (Fsp3) is 0.619. The molecule has 0 spiro atoms.